The molecule has 0 bridgehead atoms. The molecule has 2 rings (SSSR count). The molecule has 0 unspecified atom stereocenters. The van der Waals surface area contributed by atoms with E-state index >= 15 is 0 Å². The van der Waals surface area contributed by atoms with E-state index in [0.29, 0.717) is 30.3 Å². The number of anilines is 1. The molecule has 0 aliphatic heterocycles. The van der Waals surface area contributed by atoms with Crippen molar-refractivity contribution in [3.8, 4) is 11.5 Å². The summed E-state index contributed by atoms with van der Waals surface area (Å²) >= 11 is 0. The van der Waals surface area contributed by atoms with Crippen molar-refractivity contribution in [1.82, 2.24) is 0 Å². The van der Waals surface area contributed by atoms with Crippen LogP contribution in [0.2, 0.25) is 0 Å². The monoisotopic (exact) mass is 328 g/mol. The topological polar surface area (TPSA) is 73.6 Å². The fourth-order valence-electron chi connectivity index (χ4n) is 2.86. The Morgan fingerprint density at radius 1 is 1.32 bits per heavy atom. The minimum Gasteiger partial charge on any atom is -0.493 e. The predicted molar refractivity (Wildman–Crippen MR) is 90.0 cm³/mol. The molecule has 0 radical (unpaired) electrons. The summed E-state index contributed by atoms with van der Waals surface area (Å²) in [7, 11) is 1.60. The van der Waals surface area contributed by atoms with Gasteiger partial charge in [-0.05, 0) is 31.9 Å². The van der Waals surface area contributed by atoms with E-state index in [-0.39, 0.29) is 18.3 Å². The lowest BCUT2D eigenvalue weighted by molar-refractivity contribution is -0.124. The van der Waals surface area contributed by atoms with E-state index in [1.165, 1.54) is 0 Å². The third-order valence-electron chi connectivity index (χ3n) is 4.15. The van der Waals surface area contributed by atoms with Crippen molar-refractivity contribution in [3.63, 3.8) is 0 Å². The van der Waals surface area contributed by atoms with Crippen LogP contribution < -0.4 is 20.5 Å². The van der Waals surface area contributed by atoms with Crippen molar-refractivity contribution in [1.29, 1.82) is 0 Å². The fraction of sp³-hybridized carbons (Fsp3) is 0.562. The molecule has 1 aliphatic rings. The van der Waals surface area contributed by atoms with Gasteiger partial charge in [-0.2, -0.15) is 0 Å². The molecule has 1 fully saturated rings. The van der Waals surface area contributed by atoms with E-state index < -0.39 is 5.41 Å². The van der Waals surface area contributed by atoms with Crippen LogP contribution in [-0.4, -0.2) is 26.2 Å². The van der Waals surface area contributed by atoms with Gasteiger partial charge in [0, 0.05) is 18.3 Å². The van der Waals surface area contributed by atoms with Crippen molar-refractivity contribution in [3.05, 3.63) is 18.2 Å². The van der Waals surface area contributed by atoms with Crippen LogP contribution in [0.25, 0.3) is 0 Å². The first-order valence-corrected chi connectivity index (χ1v) is 7.47. The average molecular weight is 329 g/mol. The first-order chi connectivity index (χ1) is 10.1. The van der Waals surface area contributed by atoms with E-state index in [2.05, 4.69) is 5.32 Å². The maximum absolute atomic E-state index is 12.5. The molecule has 0 atom stereocenters. The minimum atomic E-state index is -0.411. The molecule has 1 aromatic carbocycles. The van der Waals surface area contributed by atoms with Crippen LogP contribution in [0.1, 0.15) is 32.6 Å². The Labute approximate surface area is 138 Å². The van der Waals surface area contributed by atoms with Crippen LogP contribution in [-0.2, 0) is 4.79 Å². The Hall–Kier alpha value is -1.46. The quantitative estimate of drug-likeness (QED) is 0.842. The SMILES string of the molecule is CCOc1cc(NC(=O)C2(CN)CCCC2)ccc1OC.Cl. The molecule has 0 heterocycles. The number of halogens is 1. The zero-order chi connectivity index (χ0) is 15.3. The second-order valence-electron chi connectivity index (χ2n) is 5.44. The molecule has 1 amide bonds. The number of methoxy groups -OCH3 is 1. The largest absolute Gasteiger partial charge is 0.493 e. The van der Waals surface area contributed by atoms with E-state index in [1.54, 1.807) is 19.2 Å². The van der Waals surface area contributed by atoms with Gasteiger partial charge in [0.25, 0.3) is 0 Å². The van der Waals surface area contributed by atoms with Crippen molar-refractivity contribution < 1.29 is 14.3 Å². The lowest BCUT2D eigenvalue weighted by atomic mass is 9.85. The molecule has 0 saturated heterocycles. The van der Waals surface area contributed by atoms with E-state index in [9.17, 15) is 4.79 Å². The Kier molecular flexibility index (Phi) is 6.97. The molecule has 1 aliphatic carbocycles. The van der Waals surface area contributed by atoms with Gasteiger partial charge in [0.2, 0.25) is 5.91 Å². The number of benzene rings is 1. The normalized spacial score (nSPS) is 15.8. The van der Waals surface area contributed by atoms with Gasteiger partial charge in [0.05, 0.1) is 19.1 Å². The van der Waals surface area contributed by atoms with Gasteiger partial charge in [-0.15, -0.1) is 12.4 Å². The number of nitrogens with two attached hydrogens (primary N) is 1. The number of carbonyl (C=O) groups excluding carboxylic acids is 1. The van der Waals surface area contributed by atoms with Crippen molar-refractivity contribution >= 4 is 24.0 Å². The summed E-state index contributed by atoms with van der Waals surface area (Å²) in [6.45, 7) is 2.85. The smallest absolute Gasteiger partial charge is 0.231 e. The molecular weight excluding hydrogens is 304 g/mol. The maximum Gasteiger partial charge on any atom is 0.231 e. The van der Waals surface area contributed by atoms with E-state index in [0.717, 1.165) is 25.7 Å². The zero-order valence-corrected chi connectivity index (χ0v) is 14.0. The summed E-state index contributed by atoms with van der Waals surface area (Å²) in [4.78, 5) is 12.5. The highest BCUT2D eigenvalue weighted by Crippen LogP contribution is 2.38. The molecular formula is C16H25ClN2O3. The third kappa shape index (κ3) is 3.84. The summed E-state index contributed by atoms with van der Waals surface area (Å²) in [5.74, 6) is 1.30. The van der Waals surface area contributed by atoms with E-state index in [4.69, 9.17) is 15.2 Å². The number of hydrogen-bond acceptors (Lipinski definition) is 4. The maximum atomic E-state index is 12.5. The highest BCUT2D eigenvalue weighted by atomic mass is 35.5. The zero-order valence-electron chi connectivity index (χ0n) is 13.2. The lowest BCUT2D eigenvalue weighted by Crippen LogP contribution is -2.40. The number of ether oxygens (including phenoxy) is 2. The van der Waals surface area contributed by atoms with Gasteiger partial charge >= 0.3 is 0 Å². The lowest BCUT2D eigenvalue weighted by Gasteiger charge is -2.25. The summed E-state index contributed by atoms with van der Waals surface area (Å²) in [6, 6.07) is 5.40. The first-order valence-electron chi connectivity index (χ1n) is 7.47. The molecule has 124 valence electrons. The molecule has 6 heteroatoms. The Morgan fingerprint density at radius 3 is 2.55 bits per heavy atom. The van der Waals surface area contributed by atoms with Crippen LogP contribution in [0, 0.1) is 5.41 Å². The number of amides is 1. The van der Waals surface area contributed by atoms with Crippen LogP contribution in [0.3, 0.4) is 0 Å². The molecule has 3 N–H and O–H groups in total. The number of carbonyl (C=O) groups is 1. The van der Waals surface area contributed by atoms with Gasteiger partial charge in [-0.1, -0.05) is 12.8 Å². The minimum absolute atomic E-state index is 0. The third-order valence-corrected chi connectivity index (χ3v) is 4.15. The molecule has 22 heavy (non-hydrogen) atoms. The summed E-state index contributed by atoms with van der Waals surface area (Å²) in [5, 5.41) is 2.97. The molecule has 0 aromatic heterocycles. The molecule has 5 nitrogen and oxygen atoms in total. The van der Waals surface area contributed by atoms with Crippen molar-refractivity contribution in [2.75, 3.05) is 25.6 Å². The second kappa shape index (κ2) is 8.25. The number of nitrogens with one attached hydrogen (secondary N) is 1. The van der Waals surface area contributed by atoms with Gasteiger partial charge in [-0.25, -0.2) is 0 Å². The summed E-state index contributed by atoms with van der Waals surface area (Å²) in [6.07, 6.45) is 3.86. The first kappa shape index (κ1) is 18.6. The molecule has 1 aromatic rings. The second-order valence-corrected chi connectivity index (χ2v) is 5.44. The van der Waals surface area contributed by atoms with Gasteiger partial charge in [-0.3, -0.25) is 4.79 Å². The number of rotatable bonds is 6. The summed E-state index contributed by atoms with van der Waals surface area (Å²) in [5.41, 5.74) is 6.14. The van der Waals surface area contributed by atoms with Crippen LogP contribution >= 0.6 is 12.4 Å². The fourth-order valence-corrected chi connectivity index (χ4v) is 2.86. The highest BCUT2D eigenvalue weighted by Gasteiger charge is 2.39. The standard InChI is InChI=1S/C16H24N2O3.ClH/c1-3-21-14-10-12(6-7-13(14)20-2)18-15(19)16(11-17)8-4-5-9-16;/h6-7,10H,3-5,8-9,11,17H2,1-2H3,(H,18,19);1H. The van der Waals surface area contributed by atoms with Crippen molar-refractivity contribution in [2.24, 2.45) is 11.1 Å². The van der Waals surface area contributed by atoms with Crippen molar-refractivity contribution in [2.45, 2.75) is 32.6 Å². The van der Waals surface area contributed by atoms with Crippen LogP contribution in [0.15, 0.2) is 18.2 Å². The molecule has 0 spiro atoms. The Bertz CT molecular complexity index is 502. The number of hydrogen-bond donors (Lipinski definition) is 2. The average Bonchev–Trinajstić information content (AvgIpc) is 2.98. The predicted octanol–water partition coefficient (Wildman–Crippen LogP) is 2.97. The molecule has 1 saturated carbocycles. The van der Waals surface area contributed by atoms with E-state index in [1.807, 2.05) is 13.0 Å². The Balaban J connectivity index is 0.00000242. The van der Waals surface area contributed by atoms with Crippen LogP contribution in [0.5, 0.6) is 11.5 Å². The van der Waals surface area contributed by atoms with Crippen LogP contribution in [0.4, 0.5) is 5.69 Å². The Morgan fingerprint density at radius 2 is 2.00 bits per heavy atom. The highest BCUT2D eigenvalue weighted by molar-refractivity contribution is 5.96. The van der Waals surface area contributed by atoms with Gasteiger partial charge in [0.15, 0.2) is 11.5 Å². The summed E-state index contributed by atoms with van der Waals surface area (Å²) < 4.78 is 10.8. The van der Waals surface area contributed by atoms with Gasteiger partial charge in [0.1, 0.15) is 0 Å². The van der Waals surface area contributed by atoms with Gasteiger partial charge < -0.3 is 20.5 Å².